The molecule has 1 amide bonds. The molecule has 1 aliphatic rings. The molecule has 1 aromatic heterocycles. The van der Waals surface area contributed by atoms with Gasteiger partial charge in [-0.05, 0) is 43.7 Å². The first-order valence-corrected chi connectivity index (χ1v) is 10.5. The molecule has 3 aromatic rings. The minimum Gasteiger partial charge on any atom is -0.421 e. The minimum absolute atomic E-state index is 0.146. The SMILES string of the molecule is C[C@@](N)(Cc1ccccc1)c1nnc(C(CCc2ccccc2)N2CCCC2=O)o1. The van der Waals surface area contributed by atoms with E-state index in [9.17, 15) is 4.79 Å². The van der Waals surface area contributed by atoms with E-state index in [-0.39, 0.29) is 11.9 Å². The lowest BCUT2D eigenvalue weighted by Gasteiger charge is -2.25. The Kier molecular flexibility index (Phi) is 5.95. The van der Waals surface area contributed by atoms with E-state index >= 15 is 0 Å². The summed E-state index contributed by atoms with van der Waals surface area (Å²) >= 11 is 0. The van der Waals surface area contributed by atoms with Gasteiger partial charge in [0, 0.05) is 13.0 Å². The van der Waals surface area contributed by atoms with Crippen molar-refractivity contribution in [1.82, 2.24) is 15.1 Å². The summed E-state index contributed by atoms with van der Waals surface area (Å²) in [5.41, 5.74) is 8.10. The smallest absolute Gasteiger partial charge is 0.239 e. The summed E-state index contributed by atoms with van der Waals surface area (Å²) in [7, 11) is 0. The van der Waals surface area contributed by atoms with Crippen LogP contribution in [0.15, 0.2) is 65.1 Å². The summed E-state index contributed by atoms with van der Waals surface area (Å²) in [6.45, 7) is 2.62. The second-order valence-corrected chi connectivity index (χ2v) is 8.26. The fourth-order valence-corrected chi connectivity index (χ4v) is 4.05. The van der Waals surface area contributed by atoms with Crippen molar-refractivity contribution in [2.24, 2.45) is 5.73 Å². The van der Waals surface area contributed by atoms with E-state index < -0.39 is 5.54 Å². The van der Waals surface area contributed by atoms with Gasteiger partial charge in [-0.1, -0.05) is 60.7 Å². The predicted octanol–water partition coefficient (Wildman–Crippen LogP) is 3.78. The number of hydrogen-bond donors (Lipinski definition) is 1. The summed E-state index contributed by atoms with van der Waals surface area (Å²) in [4.78, 5) is 14.3. The number of hydrogen-bond acceptors (Lipinski definition) is 5. The van der Waals surface area contributed by atoms with Crippen molar-refractivity contribution < 1.29 is 9.21 Å². The third kappa shape index (κ3) is 4.60. The molecule has 0 radical (unpaired) electrons. The zero-order valence-electron chi connectivity index (χ0n) is 17.3. The Morgan fingerprint density at radius 1 is 1.07 bits per heavy atom. The van der Waals surface area contributed by atoms with E-state index in [1.165, 1.54) is 5.56 Å². The quantitative estimate of drug-likeness (QED) is 0.617. The van der Waals surface area contributed by atoms with E-state index in [0.29, 0.717) is 24.6 Å². The predicted molar refractivity (Wildman–Crippen MR) is 114 cm³/mol. The zero-order chi connectivity index (χ0) is 21.0. The van der Waals surface area contributed by atoms with Gasteiger partial charge in [0.15, 0.2) is 0 Å². The Balaban J connectivity index is 1.55. The first-order valence-electron chi connectivity index (χ1n) is 10.5. The average Bonchev–Trinajstić information content (AvgIpc) is 3.40. The van der Waals surface area contributed by atoms with E-state index in [1.807, 2.05) is 60.4 Å². The van der Waals surface area contributed by atoms with E-state index in [1.54, 1.807) is 0 Å². The van der Waals surface area contributed by atoms with Gasteiger partial charge in [-0.3, -0.25) is 4.79 Å². The van der Waals surface area contributed by atoms with Gasteiger partial charge in [0.05, 0.1) is 5.54 Å². The number of nitrogens with zero attached hydrogens (tertiary/aromatic N) is 3. The van der Waals surface area contributed by atoms with Crippen LogP contribution in [-0.4, -0.2) is 27.5 Å². The van der Waals surface area contributed by atoms with Crippen LogP contribution in [0.5, 0.6) is 0 Å². The molecule has 6 nitrogen and oxygen atoms in total. The molecule has 6 heteroatoms. The van der Waals surface area contributed by atoms with Gasteiger partial charge >= 0.3 is 0 Å². The molecule has 30 heavy (non-hydrogen) atoms. The lowest BCUT2D eigenvalue weighted by atomic mass is 9.94. The van der Waals surface area contributed by atoms with Crippen LogP contribution in [0.3, 0.4) is 0 Å². The van der Waals surface area contributed by atoms with Crippen LogP contribution in [0.2, 0.25) is 0 Å². The maximum atomic E-state index is 12.5. The molecule has 0 bridgehead atoms. The summed E-state index contributed by atoms with van der Waals surface area (Å²) in [6.07, 6.45) is 3.59. The molecule has 2 N–H and O–H groups in total. The molecule has 4 rings (SSSR count). The van der Waals surface area contributed by atoms with Crippen LogP contribution in [-0.2, 0) is 23.2 Å². The van der Waals surface area contributed by atoms with Crippen molar-refractivity contribution in [2.75, 3.05) is 6.54 Å². The highest BCUT2D eigenvalue weighted by Gasteiger charge is 2.35. The number of likely N-dealkylation sites (tertiary alicyclic amines) is 1. The van der Waals surface area contributed by atoms with Crippen LogP contribution in [0.1, 0.15) is 55.1 Å². The molecule has 2 heterocycles. The molecule has 1 saturated heterocycles. The average molecular weight is 405 g/mol. The highest BCUT2D eigenvalue weighted by Crippen LogP contribution is 2.31. The van der Waals surface area contributed by atoms with E-state index in [4.69, 9.17) is 10.2 Å². The lowest BCUT2D eigenvalue weighted by molar-refractivity contribution is -0.130. The zero-order valence-corrected chi connectivity index (χ0v) is 17.3. The van der Waals surface area contributed by atoms with Gasteiger partial charge < -0.3 is 15.1 Å². The fourth-order valence-electron chi connectivity index (χ4n) is 4.05. The molecule has 0 spiro atoms. The number of aryl methyl sites for hydroxylation is 1. The number of aromatic nitrogens is 2. The summed E-state index contributed by atoms with van der Waals surface area (Å²) in [5.74, 6) is 1.02. The Morgan fingerprint density at radius 3 is 2.37 bits per heavy atom. The molecule has 2 aromatic carbocycles. The summed E-state index contributed by atoms with van der Waals surface area (Å²) < 4.78 is 6.09. The van der Waals surface area contributed by atoms with Crippen molar-refractivity contribution >= 4 is 5.91 Å². The normalized spacial score (nSPS) is 17.1. The number of carbonyl (C=O) groups is 1. The molecular formula is C24H28N4O2. The van der Waals surface area contributed by atoms with Crippen LogP contribution in [0.4, 0.5) is 0 Å². The second kappa shape index (κ2) is 8.79. The van der Waals surface area contributed by atoms with E-state index in [0.717, 1.165) is 31.4 Å². The third-order valence-corrected chi connectivity index (χ3v) is 5.66. The Bertz CT molecular complexity index is 969. The summed E-state index contributed by atoms with van der Waals surface area (Å²) in [6, 6.07) is 20.1. The van der Waals surface area contributed by atoms with Crippen molar-refractivity contribution in [2.45, 2.75) is 50.6 Å². The highest BCUT2D eigenvalue weighted by atomic mass is 16.4. The van der Waals surface area contributed by atoms with Crippen molar-refractivity contribution in [3.8, 4) is 0 Å². The highest BCUT2D eigenvalue weighted by molar-refractivity contribution is 5.78. The number of carbonyl (C=O) groups excluding carboxylic acids is 1. The molecule has 0 saturated carbocycles. The van der Waals surface area contributed by atoms with Crippen LogP contribution in [0, 0.1) is 0 Å². The first-order chi connectivity index (χ1) is 14.5. The molecule has 1 aliphatic heterocycles. The maximum absolute atomic E-state index is 12.5. The Morgan fingerprint density at radius 2 is 1.73 bits per heavy atom. The Hall–Kier alpha value is -2.99. The number of amides is 1. The second-order valence-electron chi connectivity index (χ2n) is 8.26. The minimum atomic E-state index is -0.786. The molecule has 1 fully saturated rings. The van der Waals surface area contributed by atoms with Gasteiger partial charge in [0.25, 0.3) is 0 Å². The molecule has 1 unspecified atom stereocenters. The molecule has 0 aliphatic carbocycles. The molecule has 156 valence electrons. The fraction of sp³-hybridized carbons (Fsp3) is 0.375. The number of nitrogens with two attached hydrogens (primary N) is 1. The van der Waals surface area contributed by atoms with Gasteiger partial charge in [0.2, 0.25) is 17.7 Å². The van der Waals surface area contributed by atoms with Gasteiger partial charge in [0.1, 0.15) is 6.04 Å². The van der Waals surface area contributed by atoms with Crippen molar-refractivity contribution in [3.05, 3.63) is 83.6 Å². The van der Waals surface area contributed by atoms with E-state index in [2.05, 4.69) is 22.3 Å². The van der Waals surface area contributed by atoms with Gasteiger partial charge in [-0.15, -0.1) is 10.2 Å². The first kappa shape index (κ1) is 20.3. The van der Waals surface area contributed by atoms with Gasteiger partial charge in [-0.2, -0.15) is 0 Å². The molecular weight excluding hydrogens is 376 g/mol. The van der Waals surface area contributed by atoms with Gasteiger partial charge in [-0.25, -0.2) is 0 Å². The van der Waals surface area contributed by atoms with Crippen LogP contribution < -0.4 is 5.73 Å². The molecule has 2 atom stereocenters. The number of rotatable bonds is 8. The lowest BCUT2D eigenvalue weighted by Crippen LogP contribution is -2.36. The Labute approximate surface area is 177 Å². The standard InChI is InChI=1S/C24H28N4O2/c1-24(25,17-19-11-6-3-7-12-19)23-27-26-22(30-23)20(28-16-8-13-21(28)29)15-14-18-9-4-2-5-10-18/h2-7,9-12,20H,8,13-17,25H2,1H3/t20?,24-/m1/s1. The monoisotopic (exact) mass is 404 g/mol. The maximum Gasteiger partial charge on any atom is 0.239 e. The van der Waals surface area contributed by atoms with Crippen molar-refractivity contribution in [3.63, 3.8) is 0 Å². The topological polar surface area (TPSA) is 85.2 Å². The third-order valence-electron chi connectivity index (χ3n) is 5.66. The van der Waals surface area contributed by atoms with Crippen LogP contribution in [0.25, 0.3) is 0 Å². The van der Waals surface area contributed by atoms with Crippen molar-refractivity contribution in [1.29, 1.82) is 0 Å². The summed E-state index contributed by atoms with van der Waals surface area (Å²) in [5, 5.41) is 8.60. The van der Waals surface area contributed by atoms with Crippen LogP contribution >= 0.6 is 0 Å². The number of benzene rings is 2. The largest absolute Gasteiger partial charge is 0.421 e.